The Kier molecular flexibility index (Phi) is 6.00. The largest absolute Gasteiger partial charge is 0.444 e. The van der Waals surface area contributed by atoms with Crippen LogP contribution in [0.2, 0.25) is 5.15 Å². The Hall–Kier alpha value is -2.87. The molecule has 4 heterocycles. The number of anilines is 1. The molecule has 31 heavy (non-hydrogen) atoms. The van der Waals surface area contributed by atoms with Crippen molar-refractivity contribution in [1.29, 1.82) is 0 Å². The number of ether oxygens (including phenoxy) is 1. The molecule has 1 fully saturated rings. The number of carbonyl (C=O) groups is 1. The highest BCUT2D eigenvalue weighted by Crippen LogP contribution is 2.27. The standard InChI is InChI=1S/C22H27ClN6O2/c1-22(2,3)31-21(30)28-8-6-17(7-9-28)29(14-15-11-25-26-12-15)20-5-4-16-13-24-19(23)10-18(16)27-20/h4-5,10-13,17H,6-9,14H2,1-3H3,(H,25,26). The minimum atomic E-state index is -0.494. The van der Waals surface area contributed by atoms with Crippen LogP contribution in [0.25, 0.3) is 10.9 Å². The zero-order chi connectivity index (χ0) is 22.0. The minimum Gasteiger partial charge on any atom is -0.444 e. The van der Waals surface area contributed by atoms with E-state index in [1.54, 1.807) is 17.2 Å². The van der Waals surface area contributed by atoms with Crippen LogP contribution in [-0.2, 0) is 11.3 Å². The molecule has 1 saturated heterocycles. The Balaban J connectivity index is 1.54. The van der Waals surface area contributed by atoms with Gasteiger partial charge < -0.3 is 14.5 Å². The van der Waals surface area contributed by atoms with Crippen molar-refractivity contribution in [2.75, 3.05) is 18.0 Å². The topological polar surface area (TPSA) is 87.2 Å². The normalized spacial score (nSPS) is 15.3. The van der Waals surface area contributed by atoms with E-state index in [-0.39, 0.29) is 12.1 Å². The summed E-state index contributed by atoms with van der Waals surface area (Å²) in [5.74, 6) is 0.867. The first-order valence-corrected chi connectivity index (χ1v) is 10.8. The summed E-state index contributed by atoms with van der Waals surface area (Å²) in [5, 5.41) is 8.32. The number of nitrogens with zero attached hydrogens (tertiary/aromatic N) is 5. The van der Waals surface area contributed by atoms with Crippen LogP contribution in [0.5, 0.6) is 0 Å². The van der Waals surface area contributed by atoms with Crippen molar-refractivity contribution >= 4 is 34.4 Å². The second kappa shape index (κ2) is 8.70. The molecule has 1 amide bonds. The fourth-order valence-corrected chi connectivity index (χ4v) is 3.94. The van der Waals surface area contributed by atoms with Crippen LogP contribution in [0.4, 0.5) is 10.6 Å². The van der Waals surface area contributed by atoms with Crippen molar-refractivity contribution in [2.24, 2.45) is 0 Å². The molecule has 0 bridgehead atoms. The highest BCUT2D eigenvalue weighted by atomic mass is 35.5. The van der Waals surface area contributed by atoms with Gasteiger partial charge in [0.15, 0.2) is 0 Å². The molecular weight excluding hydrogens is 416 g/mol. The maximum absolute atomic E-state index is 12.4. The monoisotopic (exact) mass is 442 g/mol. The number of H-pyrrole nitrogens is 1. The van der Waals surface area contributed by atoms with Gasteiger partial charge in [0.25, 0.3) is 0 Å². The van der Waals surface area contributed by atoms with Crippen molar-refractivity contribution in [1.82, 2.24) is 25.1 Å². The lowest BCUT2D eigenvalue weighted by molar-refractivity contribution is 0.0204. The number of amides is 1. The van der Waals surface area contributed by atoms with Crippen molar-refractivity contribution in [3.8, 4) is 0 Å². The molecular formula is C22H27ClN6O2. The van der Waals surface area contributed by atoms with Gasteiger partial charge in [-0.2, -0.15) is 5.10 Å². The Labute approximate surface area is 186 Å². The number of nitrogens with one attached hydrogen (secondary N) is 1. The van der Waals surface area contributed by atoms with E-state index in [9.17, 15) is 4.79 Å². The molecule has 1 aliphatic rings. The minimum absolute atomic E-state index is 0.232. The van der Waals surface area contributed by atoms with Crippen LogP contribution in [0, 0.1) is 0 Å². The lowest BCUT2D eigenvalue weighted by Crippen LogP contribution is -2.48. The summed E-state index contributed by atoms with van der Waals surface area (Å²) < 4.78 is 5.53. The molecule has 8 nitrogen and oxygen atoms in total. The number of hydrogen-bond acceptors (Lipinski definition) is 6. The van der Waals surface area contributed by atoms with Gasteiger partial charge in [0.1, 0.15) is 16.6 Å². The second-order valence-electron chi connectivity index (χ2n) is 8.80. The predicted octanol–water partition coefficient (Wildman–Crippen LogP) is 4.41. The number of rotatable bonds is 4. The van der Waals surface area contributed by atoms with Gasteiger partial charge >= 0.3 is 6.09 Å². The van der Waals surface area contributed by atoms with Crippen molar-refractivity contribution in [3.63, 3.8) is 0 Å². The Morgan fingerprint density at radius 1 is 1.29 bits per heavy atom. The first kappa shape index (κ1) is 21.4. The number of piperidine rings is 1. The third-order valence-electron chi connectivity index (χ3n) is 5.28. The fraction of sp³-hybridized carbons (Fsp3) is 0.455. The van der Waals surface area contributed by atoms with E-state index in [1.807, 2.05) is 45.3 Å². The molecule has 0 radical (unpaired) electrons. The second-order valence-corrected chi connectivity index (χ2v) is 9.19. The molecule has 1 N–H and O–H groups in total. The average Bonchev–Trinajstić information content (AvgIpc) is 3.24. The number of pyridine rings is 2. The van der Waals surface area contributed by atoms with Crippen molar-refractivity contribution < 1.29 is 9.53 Å². The van der Waals surface area contributed by atoms with Crippen LogP contribution in [0.3, 0.4) is 0 Å². The van der Waals surface area contributed by atoms with Crippen LogP contribution in [0.15, 0.2) is 36.8 Å². The van der Waals surface area contributed by atoms with E-state index in [0.717, 1.165) is 35.1 Å². The molecule has 0 aromatic carbocycles. The number of carbonyl (C=O) groups excluding carboxylic acids is 1. The van der Waals surface area contributed by atoms with Gasteiger partial charge in [-0.05, 0) is 45.7 Å². The summed E-state index contributed by atoms with van der Waals surface area (Å²) in [5.41, 5.74) is 1.39. The summed E-state index contributed by atoms with van der Waals surface area (Å²) >= 11 is 6.08. The quantitative estimate of drug-likeness (QED) is 0.602. The van der Waals surface area contributed by atoms with Gasteiger partial charge in [0.05, 0.1) is 11.7 Å². The first-order chi connectivity index (χ1) is 14.8. The zero-order valence-corrected chi connectivity index (χ0v) is 18.8. The summed E-state index contributed by atoms with van der Waals surface area (Å²) in [7, 11) is 0. The van der Waals surface area contributed by atoms with Gasteiger partial charge in [-0.15, -0.1) is 0 Å². The Morgan fingerprint density at radius 2 is 2.06 bits per heavy atom. The molecule has 0 spiro atoms. The molecule has 4 rings (SSSR count). The summed E-state index contributed by atoms with van der Waals surface area (Å²) in [6.07, 6.45) is 6.85. The molecule has 0 atom stereocenters. The van der Waals surface area contributed by atoms with E-state index in [0.29, 0.717) is 24.8 Å². The SMILES string of the molecule is CC(C)(C)OC(=O)N1CCC(N(Cc2cn[nH]c2)c2ccc3cnc(Cl)cc3n2)CC1. The molecule has 164 valence electrons. The van der Waals surface area contributed by atoms with Crippen LogP contribution in [0.1, 0.15) is 39.2 Å². The third-order valence-corrected chi connectivity index (χ3v) is 5.49. The van der Waals surface area contributed by atoms with Crippen LogP contribution >= 0.6 is 11.6 Å². The molecule has 0 aliphatic carbocycles. The summed E-state index contributed by atoms with van der Waals surface area (Å²) in [6, 6.07) is 6.04. The van der Waals surface area contributed by atoms with E-state index in [1.165, 1.54) is 0 Å². The number of fused-ring (bicyclic) bond motifs is 1. The van der Waals surface area contributed by atoms with Gasteiger partial charge in [-0.1, -0.05) is 11.6 Å². The predicted molar refractivity (Wildman–Crippen MR) is 120 cm³/mol. The van der Waals surface area contributed by atoms with E-state index in [4.69, 9.17) is 21.3 Å². The fourth-order valence-electron chi connectivity index (χ4n) is 3.79. The van der Waals surface area contributed by atoms with Crippen molar-refractivity contribution in [3.05, 3.63) is 47.5 Å². The number of aromatic nitrogens is 4. The van der Waals surface area contributed by atoms with Gasteiger partial charge in [-0.25, -0.2) is 14.8 Å². The molecule has 3 aromatic heterocycles. The first-order valence-electron chi connectivity index (χ1n) is 10.4. The number of hydrogen-bond donors (Lipinski definition) is 1. The lowest BCUT2D eigenvalue weighted by Gasteiger charge is -2.39. The van der Waals surface area contributed by atoms with Crippen LogP contribution < -0.4 is 4.90 Å². The van der Waals surface area contributed by atoms with Gasteiger partial charge in [0.2, 0.25) is 0 Å². The third kappa shape index (κ3) is 5.25. The van der Waals surface area contributed by atoms with E-state index >= 15 is 0 Å². The molecule has 0 unspecified atom stereocenters. The maximum Gasteiger partial charge on any atom is 0.410 e. The van der Waals surface area contributed by atoms with Gasteiger partial charge in [-0.3, -0.25) is 5.10 Å². The summed E-state index contributed by atoms with van der Waals surface area (Å²) in [4.78, 5) is 25.5. The maximum atomic E-state index is 12.4. The number of likely N-dealkylation sites (tertiary alicyclic amines) is 1. The number of halogens is 1. The lowest BCUT2D eigenvalue weighted by atomic mass is 10.0. The molecule has 3 aromatic rings. The highest BCUT2D eigenvalue weighted by Gasteiger charge is 2.30. The van der Waals surface area contributed by atoms with E-state index < -0.39 is 5.60 Å². The number of aromatic amines is 1. The molecule has 0 saturated carbocycles. The Morgan fingerprint density at radius 3 is 2.74 bits per heavy atom. The Bertz CT molecular complexity index is 1040. The summed E-state index contributed by atoms with van der Waals surface area (Å²) in [6.45, 7) is 7.62. The molecule has 1 aliphatic heterocycles. The zero-order valence-electron chi connectivity index (χ0n) is 18.0. The molecule has 9 heteroatoms. The highest BCUT2D eigenvalue weighted by molar-refractivity contribution is 6.30. The van der Waals surface area contributed by atoms with E-state index in [2.05, 4.69) is 20.1 Å². The van der Waals surface area contributed by atoms with Crippen molar-refractivity contribution in [2.45, 2.75) is 51.8 Å². The van der Waals surface area contributed by atoms with Crippen LogP contribution in [-0.4, -0.2) is 55.9 Å². The smallest absolute Gasteiger partial charge is 0.410 e. The van der Waals surface area contributed by atoms with Gasteiger partial charge in [0, 0.05) is 55.1 Å². The average molecular weight is 443 g/mol.